The van der Waals surface area contributed by atoms with Crippen molar-refractivity contribution in [3.05, 3.63) is 49.6 Å². The number of nitrogens with zero attached hydrogens (tertiary/aromatic N) is 3. The van der Waals surface area contributed by atoms with E-state index in [1.165, 1.54) is 24.1 Å². The lowest BCUT2D eigenvalue weighted by atomic mass is 9.62. The largest absolute Gasteiger partial charge is 0.301 e. The lowest BCUT2D eigenvalue weighted by molar-refractivity contribution is -0.393. The van der Waals surface area contributed by atoms with Crippen molar-refractivity contribution in [3.8, 4) is 0 Å². The van der Waals surface area contributed by atoms with Crippen molar-refractivity contribution >= 4 is 22.8 Å². The molecule has 8 nitrogen and oxygen atoms in total. The monoisotopic (exact) mass is 466 g/mol. The first-order chi connectivity index (χ1) is 15.9. The molecule has 182 valence electrons. The molecular weight excluding hydrogens is 432 g/mol. The fourth-order valence-electron chi connectivity index (χ4n) is 7.57. The molecule has 0 spiro atoms. The zero-order valence-electron chi connectivity index (χ0n) is 20.8. The Morgan fingerprint density at radius 1 is 0.971 bits per heavy atom. The number of hydrogen-bond acceptors (Lipinski definition) is 6. The van der Waals surface area contributed by atoms with Crippen molar-refractivity contribution in [1.82, 2.24) is 0 Å². The summed E-state index contributed by atoms with van der Waals surface area (Å²) in [4.78, 5) is 21.5. The third-order valence-corrected chi connectivity index (χ3v) is 10.5. The molecule has 4 bridgehead atoms. The van der Waals surface area contributed by atoms with Gasteiger partial charge in [0.25, 0.3) is 5.69 Å². The van der Waals surface area contributed by atoms with E-state index in [1.54, 1.807) is 5.57 Å². The summed E-state index contributed by atoms with van der Waals surface area (Å²) in [6.07, 6.45) is 3.45. The van der Waals surface area contributed by atoms with Gasteiger partial charge in [0.05, 0.1) is 21.6 Å². The zero-order valence-corrected chi connectivity index (χ0v) is 20.8. The molecule has 8 heteroatoms. The van der Waals surface area contributed by atoms with Crippen molar-refractivity contribution in [2.24, 2.45) is 51.4 Å². The minimum absolute atomic E-state index is 0.185. The molecule has 0 heterocycles. The molecule has 0 unspecified atom stereocenters. The van der Waals surface area contributed by atoms with Crippen molar-refractivity contribution < 1.29 is 9.85 Å². The number of fused-ring (bicyclic) bond motifs is 4. The third-order valence-electron chi connectivity index (χ3n) is 10.5. The Labute approximate surface area is 200 Å². The van der Waals surface area contributed by atoms with Gasteiger partial charge in [0.1, 0.15) is 5.69 Å². The van der Waals surface area contributed by atoms with Crippen molar-refractivity contribution in [1.29, 1.82) is 0 Å². The normalized spacial score (nSPS) is 38.0. The van der Waals surface area contributed by atoms with E-state index in [4.69, 9.17) is 5.10 Å². The number of rotatable bonds is 4. The van der Waals surface area contributed by atoms with Gasteiger partial charge in [0, 0.05) is 12.0 Å². The molecule has 34 heavy (non-hydrogen) atoms. The molecule has 0 aliphatic heterocycles. The molecule has 4 fully saturated rings. The van der Waals surface area contributed by atoms with E-state index in [-0.39, 0.29) is 22.5 Å². The van der Waals surface area contributed by atoms with Crippen LogP contribution in [0.3, 0.4) is 0 Å². The molecule has 1 aromatic carbocycles. The minimum atomic E-state index is -0.622. The van der Waals surface area contributed by atoms with Crippen LogP contribution in [0.25, 0.3) is 0 Å². The van der Waals surface area contributed by atoms with E-state index in [0.717, 1.165) is 24.6 Å². The number of nitrogens with one attached hydrogen (secondary N) is 1. The maximum atomic E-state index is 11.6. The predicted octanol–water partition coefficient (Wildman–Crippen LogP) is 6.58. The van der Waals surface area contributed by atoms with E-state index in [1.807, 2.05) is 0 Å². The summed E-state index contributed by atoms with van der Waals surface area (Å²) < 4.78 is 0. The lowest BCUT2D eigenvalue weighted by Crippen LogP contribution is -2.38. The lowest BCUT2D eigenvalue weighted by Gasteiger charge is -2.42. The molecule has 0 saturated heterocycles. The first-order valence-corrected chi connectivity index (χ1v) is 12.3. The van der Waals surface area contributed by atoms with Gasteiger partial charge in [-0.15, -0.1) is 0 Å². The van der Waals surface area contributed by atoms with Crippen LogP contribution >= 0.6 is 0 Å². The SMILES string of the molecule is C[C@@H]1[C@H]2C[C@@H](C/C2=C2\C(=NNc3ccc([N+](=O)[O-])cc3[N+](=O)[O-])[C@H]3C[C@H]2C(C)(C)[C@@H]3C)C1(C)C. The molecular formula is C26H34N4O4. The Kier molecular flexibility index (Phi) is 4.98. The molecule has 0 aromatic heterocycles. The average molecular weight is 467 g/mol. The van der Waals surface area contributed by atoms with Crippen molar-refractivity contribution in [3.63, 3.8) is 0 Å². The fourth-order valence-corrected chi connectivity index (χ4v) is 7.57. The van der Waals surface area contributed by atoms with E-state index < -0.39 is 9.85 Å². The van der Waals surface area contributed by atoms with Gasteiger partial charge in [-0.25, -0.2) is 0 Å². The predicted molar refractivity (Wildman–Crippen MR) is 132 cm³/mol. The number of hydrazone groups is 1. The zero-order chi connectivity index (χ0) is 24.7. The second kappa shape index (κ2) is 7.36. The first-order valence-electron chi connectivity index (χ1n) is 12.3. The second-order valence-corrected chi connectivity index (χ2v) is 12.1. The summed E-state index contributed by atoms with van der Waals surface area (Å²) in [6.45, 7) is 14.2. The van der Waals surface area contributed by atoms with Crippen LogP contribution in [-0.4, -0.2) is 15.6 Å². The Bertz CT molecular complexity index is 1150. The molecule has 1 N–H and O–H groups in total. The van der Waals surface area contributed by atoms with Gasteiger partial charge in [0.2, 0.25) is 0 Å². The highest BCUT2D eigenvalue weighted by atomic mass is 16.6. The van der Waals surface area contributed by atoms with E-state index in [9.17, 15) is 20.2 Å². The Morgan fingerprint density at radius 2 is 1.65 bits per heavy atom. The summed E-state index contributed by atoms with van der Waals surface area (Å²) >= 11 is 0. The minimum Gasteiger partial charge on any atom is -0.271 e. The van der Waals surface area contributed by atoms with Crippen LogP contribution in [0.1, 0.15) is 60.8 Å². The van der Waals surface area contributed by atoms with Crippen LogP contribution in [0.4, 0.5) is 17.1 Å². The highest BCUT2D eigenvalue weighted by Gasteiger charge is 2.60. The van der Waals surface area contributed by atoms with E-state index >= 15 is 0 Å². The molecule has 4 saturated carbocycles. The average Bonchev–Trinajstić information content (AvgIpc) is 3.47. The van der Waals surface area contributed by atoms with Gasteiger partial charge < -0.3 is 0 Å². The van der Waals surface area contributed by atoms with Crippen LogP contribution in [0.5, 0.6) is 0 Å². The maximum absolute atomic E-state index is 11.6. The van der Waals surface area contributed by atoms with Crippen LogP contribution in [-0.2, 0) is 0 Å². The van der Waals surface area contributed by atoms with E-state index in [2.05, 4.69) is 47.0 Å². The summed E-state index contributed by atoms with van der Waals surface area (Å²) in [5.41, 5.74) is 7.06. The van der Waals surface area contributed by atoms with Crippen molar-refractivity contribution in [2.75, 3.05) is 5.43 Å². The van der Waals surface area contributed by atoms with Gasteiger partial charge in [-0.2, -0.15) is 5.10 Å². The number of benzene rings is 1. The summed E-state index contributed by atoms with van der Waals surface area (Å²) in [5, 5.41) is 27.5. The van der Waals surface area contributed by atoms with Crippen LogP contribution < -0.4 is 5.43 Å². The standard InChI is InChI=1S/C26H34N4O4/c1-13-17-9-15(25(13,3)4)10-19(17)23-20-12-18(14(2)26(20,5)6)24(23)28-27-21-8-7-16(29(31)32)11-22(21)30(33)34/h7-8,11,13-15,17-18,20,27H,9-10,12H2,1-6H3/b23-19+,28-24?/t13-,14-,15+,17-,18+,20-/m1/s1. The maximum Gasteiger partial charge on any atom is 0.301 e. The summed E-state index contributed by atoms with van der Waals surface area (Å²) in [6, 6.07) is 3.66. The van der Waals surface area contributed by atoms with Gasteiger partial charge >= 0.3 is 5.69 Å². The highest BCUT2D eigenvalue weighted by molar-refractivity contribution is 6.07. The van der Waals surface area contributed by atoms with E-state index in [0.29, 0.717) is 40.9 Å². The first kappa shape index (κ1) is 23.0. The molecule has 5 rings (SSSR count). The summed E-state index contributed by atoms with van der Waals surface area (Å²) in [5.74, 6) is 3.12. The number of non-ortho nitro benzene ring substituents is 1. The quantitative estimate of drug-likeness (QED) is 0.398. The molecule has 1 aromatic rings. The topological polar surface area (TPSA) is 111 Å². The molecule has 0 radical (unpaired) electrons. The Morgan fingerprint density at radius 3 is 2.24 bits per heavy atom. The molecule has 6 atom stereocenters. The van der Waals surface area contributed by atoms with Crippen LogP contribution in [0.15, 0.2) is 34.4 Å². The third kappa shape index (κ3) is 3.06. The summed E-state index contributed by atoms with van der Waals surface area (Å²) in [7, 11) is 0. The molecule has 4 aliphatic rings. The van der Waals surface area contributed by atoms with Gasteiger partial charge in [0.15, 0.2) is 0 Å². The second-order valence-electron chi connectivity index (χ2n) is 12.1. The smallest absolute Gasteiger partial charge is 0.271 e. The molecule has 4 aliphatic carbocycles. The highest BCUT2D eigenvalue weighted by Crippen LogP contribution is 2.67. The van der Waals surface area contributed by atoms with Crippen molar-refractivity contribution in [2.45, 2.75) is 60.8 Å². The Hall–Kier alpha value is -2.77. The van der Waals surface area contributed by atoms with Gasteiger partial charge in [-0.1, -0.05) is 47.1 Å². The number of allylic oxidation sites excluding steroid dienone is 2. The number of nitro groups is 2. The van der Waals surface area contributed by atoms with Crippen LogP contribution in [0.2, 0.25) is 0 Å². The number of hydrogen-bond donors (Lipinski definition) is 1. The van der Waals surface area contributed by atoms with Gasteiger partial charge in [-0.05, 0) is 71.3 Å². The van der Waals surface area contributed by atoms with Gasteiger partial charge in [-0.3, -0.25) is 25.7 Å². The Balaban J connectivity index is 1.56. The van der Waals surface area contributed by atoms with Crippen LogP contribution in [0, 0.1) is 66.6 Å². The fraction of sp³-hybridized carbons (Fsp3) is 0.654. The number of anilines is 1. The molecule has 0 amide bonds. The number of nitro benzene ring substituents is 2.